The Hall–Kier alpha value is -2.36. The molecule has 0 saturated carbocycles. The van der Waals surface area contributed by atoms with E-state index in [0.717, 1.165) is 11.1 Å². The van der Waals surface area contributed by atoms with Gasteiger partial charge in [-0.25, -0.2) is 4.39 Å². The molecule has 98 valence electrons. The quantitative estimate of drug-likeness (QED) is 0.832. The molecule has 3 N–H and O–H groups in total. The van der Waals surface area contributed by atoms with E-state index < -0.39 is 5.82 Å². The molecule has 2 rings (SSSR count). The number of nitrogen functional groups attached to an aromatic ring is 1. The van der Waals surface area contributed by atoms with Crippen molar-refractivity contribution in [2.24, 2.45) is 0 Å². The van der Waals surface area contributed by atoms with Crippen LogP contribution >= 0.6 is 0 Å². The van der Waals surface area contributed by atoms with E-state index in [1.54, 1.807) is 0 Å². The van der Waals surface area contributed by atoms with Crippen molar-refractivity contribution in [1.82, 2.24) is 0 Å². The molecule has 0 fully saturated rings. The molecule has 0 aromatic heterocycles. The smallest absolute Gasteiger partial charge is 0.228 e. The Balaban J connectivity index is 2.05. The maximum atomic E-state index is 13.1. The van der Waals surface area contributed by atoms with Crippen molar-refractivity contribution in [3.05, 3.63) is 59.4 Å². The fraction of sp³-hybridized carbons (Fsp3) is 0.133. The highest BCUT2D eigenvalue weighted by Crippen LogP contribution is 2.16. The minimum atomic E-state index is -0.467. The molecule has 0 spiro atoms. The largest absolute Gasteiger partial charge is 0.399 e. The lowest BCUT2D eigenvalue weighted by Gasteiger charge is -2.07. The normalized spacial score (nSPS) is 10.2. The van der Waals surface area contributed by atoms with Crippen molar-refractivity contribution in [1.29, 1.82) is 0 Å². The monoisotopic (exact) mass is 258 g/mol. The van der Waals surface area contributed by atoms with Gasteiger partial charge in [-0.2, -0.15) is 0 Å². The number of benzene rings is 2. The third kappa shape index (κ3) is 3.81. The number of nitrogens with one attached hydrogen (secondary N) is 1. The molecular weight excluding hydrogens is 243 g/mol. The second-order valence-electron chi connectivity index (χ2n) is 4.49. The van der Waals surface area contributed by atoms with Gasteiger partial charge in [-0.1, -0.05) is 29.8 Å². The Bertz CT molecular complexity index is 591. The Morgan fingerprint density at radius 2 is 2.05 bits per heavy atom. The first-order valence-corrected chi connectivity index (χ1v) is 5.94. The van der Waals surface area contributed by atoms with Crippen LogP contribution in [0.5, 0.6) is 0 Å². The van der Waals surface area contributed by atoms with E-state index in [4.69, 9.17) is 5.73 Å². The van der Waals surface area contributed by atoms with E-state index in [1.807, 2.05) is 31.2 Å². The van der Waals surface area contributed by atoms with Crippen molar-refractivity contribution in [2.45, 2.75) is 13.3 Å². The lowest BCUT2D eigenvalue weighted by atomic mass is 10.1. The number of hydrogen-bond donors (Lipinski definition) is 2. The van der Waals surface area contributed by atoms with Gasteiger partial charge in [-0.15, -0.1) is 0 Å². The molecule has 1 amide bonds. The van der Waals surface area contributed by atoms with Crippen LogP contribution in [0.25, 0.3) is 0 Å². The van der Waals surface area contributed by atoms with Crippen LogP contribution in [0.2, 0.25) is 0 Å². The fourth-order valence-electron chi connectivity index (χ4n) is 1.90. The number of aryl methyl sites for hydroxylation is 1. The standard InChI is InChI=1S/C15H15FN2O/c1-10-3-2-4-11(5-10)6-15(19)18-14-8-12(16)7-13(17)9-14/h2-5,7-9H,6,17H2,1H3,(H,18,19). The molecule has 0 aliphatic heterocycles. The van der Waals surface area contributed by atoms with Gasteiger partial charge in [0.15, 0.2) is 0 Å². The van der Waals surface area contributed by atoms with Crippen molar-refractivity contribution in [2.75, 3.05) is 11.1 Å². The number of anilines is 2. The van der Waals surface area contributed by atoms with Gasteiger partial charge in [0, 0.05) is 11.4 Å². The number of carbonyl (C=O) groups excluding carboxylic acids is 1. The third-order valence-corrected chi connectivity index (χ3v) is 2.65. The van der Waals surface area contributed by atoms with Gasteiger partial charge in [-0.3, -0.25) is 4.79 Å². The highest BCUT2D eigenvalue weighted by molar-refractivity contribution is 5.92. The molecule has 0 aliphatic carbocycles. The summed E-state index contributed by atoms with van der Waals surface area (Å²) in [5.74, 6) is -0.665. The molecule has 3 nitrogen and oxygen atoms in total. The van der Waals surface area contributed by atoms with E-state index in [-0.39, 0.29) is 18.0 Å². The van der Waals surface area contributed by atoms with Crippen molar-refractivity contribution < 1.29 is 9.18 Å². The summed E-state index contributed by atoms with van der Waals surface area (Å²) in [6.45, 7) is 1.97. The maximum Gasteiger partial charge on any atom is 0.228 e. The summed E-state index contributed by atoms with van der Waals surface area (Å²) in [6.07, 6.45) is 0.248. The van der Waals surface area contributed by atoms with Crippen molar-refractivity contribution in [3.8, 4) is 0 Å². The fourth-order valence-corrected chi connectivity index (χ4v) is 1.90. The number of halogens is 1. The first kappa shape index (κ1) is 13.1. The first-order chi connectivity index (χ1) is 9.02. The molecule has 2 aromatic rings. The van der Waals surface area contributed by atoms with Crippen molar-refractivity contribution >= 4 is 17.3 Å². The summed E-state index contributed by atoms with van der Waals surface area (Å²) < 4.78 is 13.1. The Kier molecular flexibility index (Phi) is 3.80. The molecule has 0 atom stereocenters. The molecule has 0 heterocycles. The highest BCUT2D eigenvalue weighted by Gasteiger charge is 2.06. The summed E-state index contributed by atoms with van der Waals surface area (Å²) in [6, 6.07) is 11.7. The second-order valence-corrected chi connectivity index (χ2v) is 4.49. The van der Waals surface area contributed by atoms with E-state index in [0.29, 0.717) is 5.69 Å². The summed E-state index contributed by atoms with van der Waals surface area (Å²) in [5.41, 5.74) is 8.19. The van der Waals surface area contributed by atoms with E-state index in [2.05, 4.69) is 5.32 Å². The SMILES string of the molecule is Cc1cccc(CC(=O)Nc2cc(N)cc(F)c2)c1. The van der Waals surface area contributed by atoms with E-state index >= 15 is 0 Å². The zero-order chi connectivity index (χ0) is 13.8. The average molecular weight is 258 g/mol. The van der Waals surface area contributed by atoms with Gasteiger partial charge in [-0.05, 0) is 30.7 Å². The predicted octanol–water partition coefficient (Wildman–Crippen LogP) is 2.90. The molecule has 0 unspecified atom stereocenters. The summed E-state index contributed by atoms with van der Waals surface area (Å²) >= 11 is 0. The van der Waals surface area contributed by atoms with E-state index in [9.17, 15) is 9.18 Å². The lowest BCUT2D eigenvalue weighted by Crippen LogP contribution is -2.14. The van der Waals surface area contributed by atoms with Gasteiger partial charge in [0.1, 0.15) is 5.82 Å². The van der Waals surface area contributed by atoms with Gasteiger partial charge in [0.25, 0.3) is 0 Å². The molecule has 0 radical (unpaired) electrons. The Morgan fingerprint density at radius 3 is 2.74 bits per heavy atom. The molecule has 19 heavy (non-hydrogen) atoms. The van der Waals surface area contributed by atoms with Gasteiger partial charge in [0.2, 0.25) is 5.91 Å². The number of carbonyl (C=O) groups is 1. The number of hydrogen-bond acceptors (Lipinski definition) is 2. The van der Waals surface area contributed by atoms with Crippen LogP contribution in [0.4, 0.5) is 15.8 Å². The molecule has 4 heteroatoms. The van der Waals surface area contributed by atoms with Gasteiger partial charge >= 0.3 is 0 Å². The summed E-state index contributed by atoms with van der Waals surface area (Å²) in [5, 5.41) is 2.63. The predicted molar refractivity (Wildman–Crippen MR) is 74.3 cm³/mol. The summed E-state index contributed by atoms with van der Waals surface area (Å²) in [4.78, 5) is 11.8. The number of nitrogens with two attached hydrogens (primary N) is 1. The first-order valence-electron chi connectivity index (χ1n) is 5.94. The molecule has 2 aromatic carbocycles. The van der Waals surface area contributed by atoms with Crippen molar-refractivity contribution in [3.63, 3.8) is 0 Å². The van der Waals surface area contributed by atoms with Crippen LogP contribution in [0.1, 0.15) is 11.1 Å². The number of amides is 1. The van der Waals surface area contributed by atoms with Gasteiger partial charge < -0.3 is 11.1 Å². The van der Waals surface area contributed by atoms with Crippen LogP contribution in [-0.4, -0.2) is 5.91 Å². The third-order valence-electron chi connectivity index (χ3n) is 2.65. The molecule has 0 aliphatic rings. The number of rotatable bonds is 3. The van der Waals surface area contributed by atoms with Gasteiger partial charge in [0.05, 0.1) is 6.42 Å². The second kappa shape index (κ2) is 5.52. The van der Waals surface area contributed by atoms with Crippen LogP contribution in [0.3, 0.4) is 0 Å². The zero-order valence-electron chi connectivity index (χ0n) is 10.6. The zero-order valence-corrected chi connectivity index (χ0v) is 10.6. The minimum absolute atomic E-state index is 0.199. The maximum absolute atomic E-state index is 13.1. The van der Waals surface area contributed by atoms with Crippen LogP contribution in [-0.2, 0) is 11.2 Å². The topological polar surface area (TPSA) is 55.1 Å². The molecule has 0 saturated heterocycles. The molecule has 0 bridgehead atoms. The van der Waals surface area contributed by atoms with Crippen LogP contribution in [0.15, 0.2) is 42.5 Å². The van der Waals surface area contributed by atoms with Crippen LogP contribution in [0, 0.1) is 12.7 Å². The Labute approximate surface area is 111 Å². The minimum Gasteiger partial charge on any atom is -0.399 e. The Morgan fingerprint density at radius 1 is 1.26 bits per heavy atom. The van der Waals surface area contributed by atoms with E-state index in [1.165, 1.54) is 18.2 Å². The van der Waals surface area contributed by atoms with Crippen LogP contribution < -0.4 is 11.1 Å². The average Bonchev–Trinajstić information content (AvgIpc) is 2.26. The highest BCUT2D eigenvalue weighted by atomic mass is 19.1. The summed E-state index contributed by atoms with van der Waals surface area (Å²) in [7, 11) is 0. The lowest BCUT2D eigenvalue weighted by molar-refractivity contribution is -0.115. The molecular formula is C15H15FN2O.